The smallest absolute Gasteiger partial charge is 0.227 e. The zero-order chi connectivity index (χ0) is 15.6. The Bertz CT molecular complexity index is 657. The van der Waals surface area contributed by atoms with E-state index in [0.29, 0.717) is 0 Å². The summed E-state index contributed by atoms with van der Waals surface area (Å²) >= 11 is 0. The van der Waals surface area contributed by atoms with Gasteiger partial charge in [0, 0.05) is 0 Å². The van der Waals surface area contributed by atoms with Gasteiger partial charge >= 0.3 is 0 Å². The first-order valence-electron chi connectivity index (χ1n) is 6.91. The number of nitrogens with two attached hydrogens (primary N) is 1. The molecule has 0 atom stereocenters. The summed E-state index contributed by atoms with van der Waals surface area (Å²) < 4.78 is 5.22. The molecular weight excluding hydrogens is 262 g/mol. The van der Waals surface area contributed by atoms with Gasteiger partial charge < -0.3 is 10.5 Å². The van der Waals surface area contributed by atoms with Crippen molar-refractivity contribution in [3.05, 3.63) is 53.6 Å². The first kappa shape index (κ1) is 15.1. The van der Waals surface area contributed by atoms with Crippen molar-refractivity contribution in [3.8, 4) is 16.9 Å². The number of rotatable bonds is 4. The molecular formula is C18H21NO2. The van der Waals surface area contributed by atoms with E-state index < -0.39 is 5.41 Å². The SMILES string of the molecule is COc1ccc(-c2ccc(C(C)(C)C(N)=O)cc2)c(C)c1. The second kappa shape index (κ2) is 5.60. The number of primary amides is 1. The summed E-state index contributed by atoms with van der Waals surface area (Å²) in [7, 11) is 1.66. The summed E-state index contributed by atoms with van der Waals surface area (Å²) in [6.45, 7) is 5.73. The fourth-order valence-corrected chi connectivity index (χ4v) is 2.30. The minimum Gasteiger partial charge on any atom is -0.497 e. The topological polar surface area (TPSA) is 52.3 Å². The van der Waals surface area contributed by atoms with Gasteiger partial charge in [-0.1, -0.05) is 30.3 Å². The number of benzene rings is 2. The Morgan fingerprint density at radius 3 is 2.19 bits per heavy atom. The van der Waals surface area contributed by atoms with E-state index in [4.69, 9.17) is 10.5 Å². The fourth-order valence-electron chi connectivity index (χ4n) is 2.30. The summed E-state index contributed by atoms with van der Waals surface area (Å²) in [4.78, 5) is 11.5. The molecule has 0 aromatic heterocycles. The number of methoxy groups -OCH3 is 1. The molecule has 0 aliphatic heterocycles. The van der Waals surface area contributed by atoms with Crippen molar-refractivity contribution in [1.29, 1.82) is 0 Å². The third kappa shape index (κ3) is 2.92. The summed E-state index contributed by atoms with van der Waals surface area (Å²) in [5.41, 5.74) is 9.13. The Morgan fingerprint density at radius 1 is 1.10 bits per heavy atom. The molecule has 0 saturated carbocycles. The summed E-state index contributed by atoms with van der Waals surface area (Å²) in [6.07, 6.45) is 0. The van der Waals surface area contributed by atoms with E-state index in [0.717, 1.165) is 28.0 Å². The van der Waals surface area contributed by atoms with Crippen molar-refractivity contribution < 1.29 is 9.53 Å². The van der Waals surface area contributed by atoms with E-state index in [-0.39, 0.29) is 5.91 Å². The number of amides is 1. The third-order valence-corrected chi connectivity index (χ3v) is 3.97. The van der Waals surface area contributed by atoms with Crippen molar-refractivity contribution in [1.82, 2.24) is 0 Å². The van der Waals surface area contributed by atoms with Gasteiger partial charge in [-0.3, -0.25) is 4.79 Å². The van der Waals surface area contributed by atoms with E-state index in [1.165, 1.54) is 0 Å². The normalized spacial score (nSPS) is 11.2. The van der Waals surface area contributed by atoms with Gasteiger partial charge in [-0.15, -0.1) is 0 Å². The van der Waals surface area contributed by atoms with Crippen LogP contribution in [-0.4, -0.2) is 13.0 Å². The highest BCUT2D eigenvalue weighted by molar-refractivity contribution is 5.86. The van der Waals surface area contributed by atoms with Crippen LogP contribution in [0.25, 0.3) is 11.1 Å². The van der Waals surface area contributed by atoms with Crippen LogP contribution in [0, 0.1) is 6.92 Å². The van der Waals surface area contributed by atoms with Crippen LogP contribution in [-0.2, 0) is 10.2 Å². The monoisotopic (exact) mass is 283 g/mol. The van der Waals surface area contributed by atoms with E-state index in [1.54, 1.807) is 7.11 Å². The highest BCUT2D eigenvalue weighted by Gasteiger charge is 2.27. The molecule has 1 amide bonds. The molecule has 0 spiro atoms. The molecule has 0 radical (unpaired) electrons. The number of aryl methyl sites for hydroxylation is 1. The first-order chi connectivity index (χ1) is 9.86. The molecule has 2 N–H and O–H groups in total. The maximum Gasteiger partial charge on any atom is 0.227 e. The Hall–Kier alpha value is -2.29. The molecule has 2 rings (SSSR count). The molecule has 3 nitrogen and oxygen atoms in total. The lowest BCUT2D eigenvalue weighted by molar-refractivity contribution is -0.122. The number of hydrogen-bond donors (Lipinski definition) is 1. The van der Waals surface area contributed by atoms with Gasteiger partial charge in [0.15, 0.2) is 0 Å². The molecule has 3 heteroatoms. The third-order valence-electron chi connectivity index (χ3n) is 3.97. The molecule has 0 saturated heterocycles. The molecule has 0 aliphatic carbocycles. The van der Waals surface area contributed by atoms with Gasteiger partial charge in [0.25, 0.3) is 0 Å². The van der Waals surface area contributed by atoms with Crippen molar-refractivity contribution in [2.24, 2.45) is 5.73 Å². The lowest BCUT2D eigenvalue weighted by Gasteiger charge is -2.21. The second-order valence-corrected chi connectivity index (χ2v) is 5.75. The largest absolute Gasteiger partial charge is 0.497 e. The molecule has 110 valence electrons. The van der Waals surface area contributed by atoms with Crippen molar-refractivity contribution >= 4 is 5.91 Å². The van der Waals surface area contributed by atoms with Crippen LogP contribution in [0.15, 0.2) is 42.5 Å². The molecule has 0 aliphatic rings. The summed E-state index contributed by atoms with van der Waals surface area (Å²) in [5.74, 6) is 0.526. The molecule has 0 heterocycles. The number of hydrogen-bond acceptors (Lipinski definition) is 2. The van der Waals surface area contributed by atoms with Crippen LogP contribution in [0.4, 0.5) is 0 Å². The summed E-state index contributed by atoms with van der Waals surface area (Å²) in [6, 6.07) is 14.0. The van der Waals surface area contributed by atoms with Crippen LogP contribution in [0.2, 0.25) is 0 Å². The lowest BCUT2D eigenvalue weighted by Crippen LogP contribution is -2.35. The molecule has 0 unspecified atom stereocenters. The highest BCUT2D eigenvalue weighted by atomic mass is 16.5. The molecule has 2 aromatic rings. The minimum absolute atomic E-state index is 0.323. The Balaban J connectivity index is 2.38. The molecule has 0 fully saturated rings. The van der Waals surface area contributed by atoms with Gasteiger partial charge in [-0.25, -0.2) is 0 Å². The van der Waals surface area contributed by atoms with Gasteiger partial charge in [-0.05, 0) is 55.2 Å². The van der Waals surface area contributed by atoms with Crippen LogP contribution in [0.3, 0.4) is 0 Å². The van der Waals surface area contributed by atoms with Crippen LogP contribution in [0.5, 0.6) is 5.75 Å². The first-order valence-corrected chi connectivity index (χ1v) is 6.91. The Morgan fingerprint density at radius 2 is 1.71 bits per heavy atom. The van der Waals surface area contributed by atoms with E-state index in [2.05, 4.69) is 6.92 Å². The highest BCUT2D eigenvalue weighted by Crippen LogP contribution is 2.29. The maximum atomic E-state index is 11.5. The predicted molar refractivity (Wildman–Crippen MR) is 85.4 cm³/mol. The van der Waals surface area contributed by atoms with Crippen molar-refractivity contribution in [2.45, 2.75) is 26.2 Å². The van der Waals surface area contributed by atoms with E-state index in [9.17, 15) is 4.79 Å². The zero-order valence-corrected chi connectivity index (χ0v) is 12.9. The second-order valence-electron chi connectivity index (χ2n) is 5.75. The van der Waals surface area contributed by atoms with Crippen LogP contribution < -0.4 is 10.5 Å². The van der Waals surface area contributed by atoms with E-state index in [1.807, 2.05) is 56.3 Å². The van der Waals surface area contributed by atoms with Gasteiger partial charge in [0.05, 0.1) is 12.5 Å². The number of ether oxygens (including phenoxy) is 1. The minimum atomic E-state index is -0.659. The predicted octanol–water partition coefficient (Wildman–Crippen LogP) is 3.43. The zero-order valence-electron chi connectivity index (χ0n) is 12.9. The average molecular weight is 283 g/mol. The van der Waals surface area contributed by atoms with Crippen LogP contribution in [0.1, 0.15) is 25.0 Å². The van der Waals surface area contributed by atoms with Gasteiger partial charge in [0.2, 0.25) is 5.91 Å². The van der Waals surface area contributed by atoms with Gasteiger partial charge in [0.1, 0.15) is 5.75 Å². The van der Waals surface area contributed by atoms with Crippen molar-refractivity contribution in [3.63, 3.8) is 0 Å². The standard InChI is InChI=1S/C18H21NO2/c1-12-11-15(21-4)9-10-16(12)13-5-7-14(8-6-13)18(2,3)17(19)20/h5-11H,1-4H3,(H2,19,20). The lowest BCUT2D eigenvalue weighted by atomic mass is 9.83. The number of carbonyl (C=O) groups is 1. The van der Waals surface area contributed by atoms with Gasteiger partial charge in [-0.2, -0.15) is 0 Å². The summed E-state index contributed by atoms with van der Waals surface area (Å²) in [5, 5.41) is 0. The Labute approximate surface area is 125 Å². The molecule has 0 bridgehead atoms. The van der Waals surface area contributed by atoms with Crippen molar-refractivity contribution in [2.75, 3.05) is 7.11 Å². The average Bonchev–Trinajstić information content (AvgIpc) is 2.47. The molecule has 2 aromatic carbocycles. The van der Waals surface area contributed by atoms with E-state index >= 15 is 0 Å². The number of carbonyl (C=O) groups excluding carboxylic acids is 1. The maximum absolute atomic E-state index is 11.5. The molecule has 21 heavy (non-hydrogen) atoms. The fraction of sp³-hybridized carbons (Fsp3) is 0.278. The Kier molecular flexibility index (Phi) is 4.03. The van der Waals surface area contributed by atoms with Crippen LogP contribution >= 0.6 is 0 Å². The quantitative estimate of drug-likeness (QED) is 0.934.